The molecule has 0 aliphatic rings. The SMILES string of the molecule is CCC(c1ccc([N+](=O)[O-])c(C(F)(F)F)c1)C(C)Br. The summed E-state index contributed by atoms with van der Waals surface area (Å²) in [5.74, 6) is -0.123. The Bertz CT molecular complexity index is 475. The van der Waals surface area contributed by atoms with Crippen molar-refractivity contribution < 1.29 is 18.1 Å². The Balaban J connectivity index is 3.37. The fourth-order valence-electron chi connectivity index (χ4n) is 2.00. The lowest BCUT2D eigenvalue weighted by atomic mass is 9.92. The molecule has 2 unspecified atom stereocenters. The number of rotatable bonds is 4. The second-order valence-electron chi connectivity index (χ2n) is 4.22. The summed E-state index contributed by atoms with van der Waals surface area (Å²) >= 11 is 3.35. The zero-order chi connectivity index (χ0) is 14.8. The van der Waals surface area contributed by atoms with E-state index in [-0.39, 0.29) is 10.7 Å². The molecule has 0 spiro atoms. The Morgan fingerprint density at radius 3 is 2.37 bits per heavy atom. The summed E-state index contributed by atoms with van der Waals surface area (Å²) in [5, 5.41) is 10.6. The predicted molar refractivity (Wildman–Crippen MR) is 69.5 cm³/mol. The highest BCUT2D eigenvalue weighted by Crippen LogP contribution is 2.39. The number of hydrogen-bond acceptors (Lipinski definition) is 2. The van der Waals surface area contributed by atoms with Crippen LogP contribution in [0, 0.1) is 10.1 Å². The van der Waals surface area contributed by atoms with Crippen molar-refractivity contribution in [2.45, 2.75) is 37.2 Å². The number of nitro benzene ring substituents is 1. The molecule has 0 fully saturated rings. The molecule has 7 heteroatoms. The van der Waals surface area contributed by atoms with Gasteiger partial charge in [-0.3, -0.25) is 10.1 Å². The van der Waals surface area contributed by atoms with Crippen molar-refractivity contribution in [1.29, 1.82) is 0 Å². The summed E-state index contributed by atoms with van der Waals surface area (Å²) in [5.41, 5.74) is -1.65. The van der Waals surface area contributed by atoms with Crippen LogP contribution in [-0.4, -0.2) is 9.75 Å². The molecule has 1 rings (SSSR count). The van der Waals surface area contributed by atoms with Crippen LogP contribution in [0.25, 0.3) is 0 Å². The predicted octanol–water partition coefficient (Wildman–Crippen LogP) is 4.89. The first-order valence-electron chi connectivity index (χ1n) is 5.68. The first-order valence-corrected chi connectivity index (χ1v) is 6.59. The van der Waals surface area contributed by atoms with E-state index >= 15 is 0 Å². The highest BCUT2D eigenvalue weighted by Gasteiger charge is 2.38. The smallest absolute Gasteiger partial charge is 0.258 e. The lowest BCUT2D eigenvalue weighted by molar-refractivity contribution is -0.388. The molecule has 19 heavy (non-hydrogen) atoms. The van der Waals surface area contributed by atoms with Crippen LogP contribution >= 0.6 is 15.9 Å². The van der Waals surface area contributed by atoms with E-state index in [1.807, 2.05) is 13.8 Å². The summed E-state index contributed by atoms with van der Waals surface area (Å²) in [6, 6.07) is 3.19. The first kappa shape index (κ1) is 15.9. The van der Waals surface area contributed by atoms with Crippen LogP contribution in [0.3, 0.4) is 0 Å². The van der Waals surface area contributed by atoms with E-state index in [0.29, 0.717) is 12.0 Å². The summed E-state index contributed by atoms with van der Waals surface area (Å²) in [7, 11) is 0. The van der Waals surface area contributed by atoms with Crippen molar-refractivity contribution in [2.75, 3.05) is 0 Å². The van der Waals surface area contributed by atoms with E-state index in [1.165, 1.54) is 6.07 Å². The van der Waals surface area contributed by atoms with Crippen LogP contribution in [0.5, 0.6) is 0 Å². The van der Waals surface area contributed by atoms with Crippen molar-refractivity contribution in [2.24, 2.45) is 0 Å². The van der Waals surface area contributed by atoms with Crippen molar-refractivity contribution in [3.63, 3.8) is 0 Å². The molecule has 0 aliphatic heterocycles. The number of alkyl halides is 4. The third kappa shape index (κ3) is 3.68. The average molecular weight is 340 g/mol. The molecule has 1 aromatic carbocycles. The molecule has 0 aliphatic carbocycles. The lowest BCUT2D eigenvalue weighted by Crippen LogP contribution is -2.13. The first-order chi connectivity index (χ1) is 8.68. The molecule has 2 atom stereocenters. The minimum absolute atomic E-state index is 0.0139. The van der Waals surface area contributed by atoms with Gasteiger partial charge in [-0.2, -0.15) is 13.2 Å². The Morgan fingerprint density at radius 2 is 2.00 bits per heavy atom. The van der Waals surface area contributed by atoms with Crippen molar-refractivity contribution >= 4 is 21.6 Å². The summed E-state index contributed by atoms with van der Waals surface area (Å²) in [6.45, 7) is 3.69. The normalized spacial score (nSPS) is 15.1. The molecule has 0 amide bonds. The van der Waals surface area contributed by atoms with Gasteiger partial charge in [0.2, 0.25) is 0 Å². The van der Waals surface area contributed by atoms with Crippen LogP contribution < -0.4 is 0 Å². The van der Waals surface area contributed by atoms with Gasteiger partial charge in [-0.1, -0.05) is 35.8 Å². The number of nitrogens with zero attached hydrogens (tertiary/aromatic N) is 1. The van der Waals surface area contributed by atoms with Gasteiger partial charge in [-0.25, -0.2) is 0 Å². The summed E-state index contributed by atoms with van der Waals surface area (Å²) < 4.78 is 38.5. The zero-order valence-corrected chi connectivity index (χ0v) is 12.0. The third-order valence-electron chi connectivity index (χ3n) is 2.95. The maximum atomic E-state index is 12.8. The largest absolute Gasteiger partial charge is 0.423 e. The number of hydrogen-bond donors (Lipinski definition) is 0. The van der Waals surface area contributed by atoms with E-state index in [4.69, 9.17) is 0 Å². The van der Waals surface area contributed by atoms with Crippen LogP contribution in [0.2, 0.25) is 0 Å². The fourth-order valence-corrected chi connectivity index (χ4v) is 2.68. The maximum Gasteiger partial charge on any atom is 0.423 e. The van der Waals surface area contributed by atoms with Crippen molar-refractivity contribution in [3.05, 3.63) is 39.4 Å². The van der Waals surface area contributed by atoms with E-state index in [1.54, 1.807) is 0 Å². The van der Waals surface area contributed by atoms with Crippen LogP contribution in [0.1, 0.15) is 37.3 Å². The van der Waals surface area contributed by atoms with Gasteiger partial charge in [0.25, 0.3) is 5.69 Å². The zero-order valence-electron chi connectivity index (χ0n) is 10.4. The second kappa shape index (κ2) is 5.90. The van der Waals surface area contributed by atoms with Crippen LogP contribution in [0.15, 0.2) is 18.2 Å². The van der Waals surface area contributed by atoms with E-state index in [9.17, 15) is 23.3 Å². The molecular formula is C12H13BrF3NO2. The Hall–Kier alpha value is -1.11. The molecule has 0 heterocycles. The summed E-state index contributed by atoms with van der Waals surface area (Å²) in [4.78, 5) is 9.63. The van der Waals surface area contributed by atoms with Gasteiger partial charge in [-0.05, 0) is 24.0 Å². The van der Waals surface area contributed by atoms with Crippen LogP contribution in [0.4, 0.5) is 18.9 Å². The van der Waals surface area contributed by atoms with Crippen LogP contribution in [-0.2, 0) is 6.18 Å². The summed E-state index contributed by atoms with van der Waals surface area (Å²) in [6.07, 6.45) is -4.09. The van der Waals surface area contributed by atoms with Crippen molar-refractivity contribution in [1.82, 2.24) is 0 Å². The number of nitro groups is 1. The minimum atomic E-state index is -4.73. The Morgan fingerprint density at radius 1 is 1.42 bits per heavy atom. The van der Waals surface area contributed by atoms with Crippen molar-refractivity contribution in [3.8, 4) is 0 Å². The average Bonchev–Trinajstić information content (AvgIpc) is 2.27. The van der Waals surface area contributed by atoms with E-state index < -0.39 is 22.4 Å². The molecule has 1 aromatic rings. The molecule has 0 bridgehead atoms. The van der Waals surface area contributed by atoms with Gasteiger partial charge < -0.3 is 0 Å². The van der Waals surface area contributed by atoms with Gasteiger partial charge in [0, 0.05) is 10.9 Å². The quantitative estimate of drug-likeness (QED) is 0.445. The van der Waals surface area contributed by atoms with E-state index in [2.05, 4.69) is 15.9 Å². The Labute approximate surface area is 117 Å². The van der Waals surface area contributed by atoms with E-state index in [0.717, 1.165) is 12.1 Å². The molecule has 0 saturated carbocycles. The van der Waals surface area contributed by atoms with Gasteiger partial charge in [0.05, 0.1) is 4.92 Å². The molecule has 0 aromatic heterocycles. The monoisotopic (exact) mass is 339 g/mol. The van der Waals surface area contributed by atoms with Gasteiger partial charge in [-0.15, -0.1) is 0 Å². The third-order valence-corrected chi connectivity index (χ3v) is 3.58. The molecule has 0 radical (unpaired) electrons. The highest BCUT2D eigenvalue weighted by molar-refractivity contribution is 9.09. The molecule has 106 valence electrons. The maximum absolute atomic E-state index is 12.8. The van der Waals surface area contributed by atoms with Gasteiger partial charge >= 0.3 is 6.18 Å². The lowest BCUT2D eigenvalue weighted by Gasteiger charge is -2.19. The minimum Gasteiger partial charge on any atom is -0.258 e. The van der Waals surface area contributed by atoms with Gasteiger partial charge in [0.1, 0.15) is 5.56 Å². The number of benzene rings is 1. The van der Waals surface area contributed by atoms with Gasteiger partial charge in [0.15, 0.2) is 0 Å². The standard InChI is InChI=1S/C12H13BrF3NO2/c1-3-9(7(2)13)8-4-5-11(17(18)19)10(6-8)12(14,15)16/h4-7,9H,3H2,1-2H3. The molecular weight excluding hydrogens is 327 g/mol. The Kier molecular flexibility index (Phi) is 4.95. The highest BCUT2D eigenvalue weighted by atomic mass is 79.9. The topological polar surface area (TPSA) is 43.1 Å². The second-order valence-corrected chi connectivity index (χ2v) is 5.67. The molecule has 0 N–H and O–H groups in total. The molecule has 0 saturated heterocycles. The fraction of sp³-hybridized carbons (Fsp3) is 0.500. The number of halogens is 4. The molecule has 3 nitrogen and oxygen atoms in total.